The van der Waals surface area contributed by atoms with Crippen molar-refractivity contribution in [3.63, 3.8) is 0 Å². The van der Waals surface area contributed by atoms with E-state index in [0.29, 0.717) is 23.8 Å². The minimum absolute atomic E-state index is 0.0139. The zero-order chi connectivity index (χ0) is 21.5. The van der Waals surface area contributed by atoms with E-state index in [0.717, 1.165) is 24.3 Å². The van der Waals surface area contributed by atoms with E-state index in [9.17, 15) is 14.4 Å². The number of anilines is 2. The fraction of sp³-hybridized carbons (Fsp3) is 0.318. The summed E-state index contributed by atoms with van der Waals surface area (Å²) in [6, 6.07) is 14.7. The first kappa shape index (κ1) is 21.6. The van der Waals surface area contributed by atoms with Crippen molar-refractivity contribution in [1.82, 2.24) is 10.2 Å². The van der Waals surface area contributed by atoms with Gasteiger partial charge in [-0.3, -0.25) is 14.4 Å². The molecule has 0 aromatic heterocycles. The third-order valence-corrected chi connectivity index (χ3v) is 5.12. The highest BCUT2D eigenvalue weighted by molar-refractivity contribution is 6.30. The number of nitrogens with one attached hydrogen (secondary N) is 2. The first-order valence-corrected chi connectivity index (χ1v) is 10.2. The second-order valence-electron chi connectivity index (χ2n) is 7.18. The Bertz CT molecular complexity index is 909. The number of piperazine rings is 1. The predicted molar refractivity (Wildman–Crippen MR) is 118 cm³/mol. The minimum atomic E-state index is -0.215. The van der Waals surface area contributed by atoms with Crippen LogP contribution < -0.4 is 15.5 Å². The summed E-state index contributed by atoms with van der Waals surface area (Å²) in [6.45, 7) is 4.08. The highest BCUT2D eigenvalue weighted by Gasteiger charge is 2.21. The molecule has 2 aromatic carbocycles. The Kier molecular flexibility index (Phi) is 7.30. The van der Waals surface area contributed by atoms with Gasteiger partial charge < -0.3 is 20.4 Å². The number of carbonyl (C=O) groups is 3. The number of rotatable bonds is 6. The molecule has 0 aliphatic carbocycles. The standard InChI is InChI=1S/C22H25ClN4O3/c1-16(28)25-19-7-5-17(6-8-19)13-21(29)24-15-22(30)27-11-9-26(10-12-27)20-4-2-3-18(23)14-20/h2-8,14H,9-13,15H2,1H3,(H,24,29)(H,25,28). The van der Waals surface area contributed by atoms with Crippen LogP contribution in [0.25, 0.3) is 0 Å². The average molecular weight is 429 g/mol. The van der Waals surface area contributed by atoms with E-state index in [-0.39, 0.29) is 30.7 Å². The lowest BCUT2D eigenvalue weighted by atomic mass is 10.1. The molecule has 3 rings (SSSR count). The van der Waals surface area contributed by atoms with E-state index in [1.54, 1.807) is 29.2 Å². The Balaban J connectivity index is 1.41. The van der Waals surface area contributed by atoms with E-state index in [1.807, 2.05) is 24.3 Å². The summed E-state index contributed by atoms with van der Waals surface area (Å²) < 4.78 is 0. The van der Waals surface area contributed by atoms with Crippen LogP contribution >= 0.6 is 11.6 Å². The highest BCUT2D eigenvalue weighted by Crippen LogP contribution is 2.20. The summed E-state index contributed by atoms with van der Waals surface area (Å²) in [4.78, 5) is 39.6. The van der Waals surface area contributed by atoms with Gasteiger partial charge in [-0.2, -0.15) is 0 Å². The maximum absolute atomic E-state index is 12.4. The molecule has 2 aromatic rings. The Morgan fingerprint density at radius 3 is 2.33 bits per heavy atom. The summed E-state index contributed by atoms with van der Waals surface area (Å²) in [6.07, 6.45) is 0.177. The second-order valence-corrected chi connectivity index (χ2v) is 7.62. The number of carbonyl (C=O) groups excluding carboxylic acids is 3. The SMILES string of the molecule is CC(=O)Nc1ccc(CC(=O)NCC(=O)N2CCN(c3cccc(Cl)c3)CC2)cc1. The van der Waals surface area contributed by atoms with Crippen LogP contribution in [-0.4, -0.2) is 55.3 Å². The fourth-order valence-electron chi connectivity index (χ4n) is 3.33. The highest BCUT2D eigenvalue weighted by atomic mass is 35.5. The van der Waals surface area contributed by atoms with Gasteiger partial charge in [-0.05, 0) is 35.9 Å². The van der Waals surface area contributed by atoms with Crippen molar-refractivity contribution in [2.24, 2.45) is 0 Å². The van der Waals surface area contributed by atoms with Crippen LogP contribution in [0.1, 0.15) is 12.5 Å². The van der Waals surface area contributed by atoms with Gasteiger partial charge in [-0.1, -0.05) is 29.8 Å². The first-order valence-electron chi connectivity index (χ1n) is 9.82. The van der Waals surface area contributed by atoms with Crippen molar-refractivity contribution >= 4 is 40.7 Å². The van der Waals surface area contributed by atoms with Crippen LogP contribution in [0.4, 0.5) is 11.4 Å². The molecule has 30 heavy (non-hydrogen) atoms. The van der Waals surface area contributed by atoms with Crippen molar-refractivity contribution in [3.05, 3.63) is 59.1 Å². The number of hydrogen-bond acceptors (Lipinski definition) is 4. The van der Waals surface area contributed by atoms with Crippen molar-refractivity contribution in [1.29, 1.82) is 0 Å². The topological polar surface area (TPSA) is 81.8 Å². The van der Waals surface area contributed by atoms with Crippen LogP contribution in [0, 0.1) is 0 Å². The van der Waals surface area contributed by atoms with Gasteiger partial charge in [-0.15, -0.1) is 0 Å². The lowest BCUT2D eigenvalue weighted by Crippen LogP contribution is -2.51. The zero-order valence-electron chi connectivity index (χ0n) is 16.9. The Morgan fingerprint density at radius 1 is 1.00 bits per heavy atom. The van der Waals surface area contributed by atoms with E-state index in [4.69, 9.17) is 11.6 Å². The van der Waals surface area contributed by atoms with Crippen molar-refractivity contribution in [3.8, 4) is 0 Å². The number of halogens is 1. The van der Waals surface area contributed by atoms with Crippen molar-refractivity contribution in [2.75, 3.05) is 42.9 Å². The van der Waals surface area contributed by atoms with Gasteiger partial charge in [-0.25, -0.2) is 0 Å². The third kappa shape index (κ3) is 6.22. The molecular formula is C22H25ClN4O3. The Hall–Kier alpha value is -3.06. The molecule has 0 unspecified atom stereocenters. The smallest absolute Gasteiger partial charge is 0.242 e. The van der Waals surface area contributed by atoms with Gasteiger partial charge in [0, 0.05) is 49.5 Å². The Labute approximate surface area is 181 Å². The van der Waals surface area contributed by atoms with Crippen molar-refractivity contribution < 1.29 is 14.4 Å². The molecule has 1 aliphatic heterocycles. The Morgan fingerprint density at radius 2 is 1.70 bits per heavy atom. The van der Waals surface area contributed by atoms with E-state index < -0.39 is 0 Å². The lowest BCUT2D eigenvalue weighted by molar-refractivity contribution is -0.133. The molecule has 3 amide bonds. The molecule has 0 radical (unpaired) electrons. The minimum Gasteiger partial charge on any atom is -0.368 e. The third-order valence-electron chi connectivity index (χ3n) is 4.88. The number of benzene rings is 2. The normalized spacial score (nSPS) is 13.7. The van der Waals surface area contributed by atoms with Gasteiger partial charge in [0.15, 0.2) is 0 Å². The second kappa shape index (κ2) is 10.1. The lowest BCUT2D eigenvalue weighted by Gasteiger charge is -2.36. The molecule has 1 aliphatic rings. The molecule has 2 N–H and O–H groups in total. The van der Waals surface area contributed by atoms with E-state index in [2.05, 4.69) is 15.5 Å². The molecule has 1 heterocycles. The van der Waals surface area contributed by atoms with Crippen LogP contribution in [0.2, 0.25) is 5.02 Å². The number of nitrogens with zero attached hydrogens (tertiary/aromatic N) is 2. The van der Waals surface area contributed by atoms with Crippen LogP contribution in [0.3, 0.4) is 0 Å². The largest absolute Gasteiger partial charge is 0.368 e. The monoisotopic (exact) mass is 428 g/mol. The molecule has 0 atom stereocenters. The summed E-state index contributed by atoms with van der Waals surface area (Å²) in [5, 5.41) is 6.07. The molecule has 0 saturated carbocycles. The first-order chi connectivity index (χ1) is 14.4. The molecular weight excluding hydrogens is 404 g/mol. The van der Waals surface area contributed by atoms with Crippen LogP contribution in [-0.2, 0) is 20.8 Å². The molecule has 1 fully saturated rings. The fourth-order valence-corrected chi connectivity index (χ4v) is 3.51. The maximum atomic E-state index is 12.4. The predicted octanol–water partition coefficient (Wildman–Crippen LogP) is 2.31. The summed E-state index contributed by atoms with van der Waals surface area (Å²) in [5.41, 5.74) is 2.54. The maximum Gasteiger partial charge on any atom is 0.242 e. The van der Waals surface area contributed by atoms with Gasteiger partial charge in [0.2, 0.25) is 17.7 Å². The average Bonchev–Trinajstić information content (AvgIpc) is 2.73. The van der Waals surface area contributed by atoms with Crippen LogP contribution in [0.5, 0.6) is 0 Å². The number of hydrogen-bond donors (Lipinski definition) is 2. The summed E-state index contributed by atoms with van der Waals surface area (Å²) >= 11 is 6.05. The van der Waals surface area contributed by atoms with Crippen molar-refractivity contribution in [2.45, 2.75) is 13.3 Å². The molecule has 7 nitrogen and oxygen atoms in total. The molecule has 8 heteroatoms. The molecule has 0 spiro atoms. The molecule has 158 valence electrons. The van der Waals surface area contributed by atoms with Crippen LogP contribution in [0.15, 0.2) is 48.5 Å². The van der Waals surface area contributed by atoms with E-state index >= 15 is 0 Å². The van der Waals surface area contributed by atoms with Gasteiger partial charge in [0.1, 0.15) is 0 Å². The molecule has 1 saturated heterocycles. The van der Waals surface area contributed by atoms with E-state index in [1.165, 1.54) is 6.92 Å². The van der Waals surface area contributed by atoms with Gasteiger partial charge >= 0.3 is 0 Å². The number of amides is 3. The van der Waals surface area contributed by atoms with Gasteiger partial charge in [0.05, 0.1) is 13.0 Å². The quantitative estimate of drug-likeness (QED) is 0.739. The summed E-state index contributed by atoms with van der Waals surface area (Å²) in [7, 11) is 0. The van der Waals surface area contributed by atoms with Gasteiger partial charge in [0.25, 0.3) is 0 Å². The summed E-state index contributed by atoms with van der Waals surface area (Å²) in [5.74, 6) is -0.448. The molecule has 0 bridgehead atoms. The zero-order valence-corrected chi connectivity index (χ0v) is 17.6.